The predicted octanol–water partition coefficient (Wildman–Crippen LogP) is 4.00. The minimum absolute atomic E-state index is 0.0371. The SMILES string of the molecule is O=C(c1occc1CS(=O)(=O)c1ccccc1)N1CCN(Cc2c(F)cccc2Cl)CC1. The highest BCUT2D eigenvalue weighted by molar-refractivity contribution is 7.90. The first-order chi connectivity index (χ1) is 15.3. The number of benzene rings is 2. The van der Waals surface area contributed by atoms with E-state index in [-0.39, 0.29) is 28.1 Å². The van der Waals surface area contributed by atoms with E-state index in [2.05, 4.69) is 0 Å². The van der Waals surface area contributed by atoms with Crippen LogP contribution < -0.4 is 0 Å². The minimum Gasteiger partial charge on any atom is -0.459 e. The minimum atomic E-state index is -3.61. The molecule has 0 aliphatic carbocycles. The van der Waals surface area contributed by atoms with Gasteiger partial charge in [-0.25, -0.2) is 12.8 Å². The van der Waals surface area contributed by atoms with Crippen molar-refractivity contribution in [2.75, 3.05) is 26.2 Å². The second-order valence-corrected chi connectivity index (χ2v) is 10.0. The molecule has 1 fully saturated rings. The lowest BCUT2D eigenvalue weighted by molar-refractivity contribution is 0.0595. The van der Waals surface area contributed by atoms with Gasteiger partial charge in [0.1, 0.15) is 5.82 Å². The Morgan fingerprint density at radius 3 is 2.41 bits per heavy atom. The van der Waals surface area contributed by atoms with Crippen molar-refractivity contribution < 1.29 is 22.0 Å². The van der Waals surface area contributed by atoms with E-state index in [1.165, 1.54) is 30.5 Å². The van der Waals surface area contributed by atoms with E-state index in [1.807, 2.05) is 4.90 Å². The van der Waals surface area contributed by atoms with Crippen LogP contribution in [0.1, 0.15) is 21.7 Å². The van der Waals surface area contributed by atoms with Crippen molar-refractivity contribution in [1.82, 2.24) is 9.80 Å². The molecule has 1 amide bonds. The molecule has 32 heavy (non-hydrogen) atoms. The van der Waals surface area contributed by atoms with Crippen molar-refractivity contribution >= 4 is 27.3 Å². The highest BCUT2D eigenvalue weighted by Crippen LogP contribution is 2.23. The van der Waals surface area contributed by atoms with E-state index in [9.17, 15) is 17.6 Å². The summed E-state index contributed by atoms with van der Waals surface area (Å²) >= 11 is 6.12. The van der Waals surface area contributed by atoms with E-state index < -0.39 is 9.84 Å². The van der Waals surface area contributed by atoms with Crippen LogP contribution >= 0.6 is 11.6 Å². The molecular formula is C23H22ClFN2O4S. The van der Waals surface area contributed by atoms with Gasteiger partial charge in [0.25, 0.3) is 5.91 Å². The van der Waals surface area contributed by atoms with Crippen molar-refractivity contribution in [3.05, 3.63) is 88.6 Å². The quantitative estimate of drug-likeness (QED) is 0.537. The molecule has 0 N–H and O–H groups in total. The summed E-state index contributed by atoms with van der Waals surface area (Å²) < 4.78 is 44.9. The van der Waals surface area contributed by atoms with E-state index in [0.717, 1.165) is 0 Å². The first-order valence-electron chi connectivity index (χ1n) is 10.1. The maximum absolute atomic E-state index is 14.1. The average Bonchev–Trinajstić information content (AvgIpc) is 3.24. The summed E-state index contributed by atoms with van der Waals surface area (Å²) in [4.78, 5) is 16.9. The van der Waals surface area contributed by atoms with Crippen LogP contribution in [0.2, 0.25) is 5.02 Å². The Morgan fingerprint density at radius 2 is 1.72 bits per heavy atom. The van der Waals surface area contributed by atoms with Crippen LogP contribution in [0.3, 0.4) is 0 Å². The number of hydrogen-bond donors (Lipinski definition) is 0. The zero-order valence-corrected chi connectivity index (χ0v) is 18.8. The summed E-state index contributed by atoms with van der Waals surface area (Å²) in [5.74, 6) is -0.983. The van der Waals surface area contributed by atoms with Crippen molar-refractivity contribution in [3.8, 4) is 0 Å². The molecule has 0 radical (unpaired) electrons. The number of amides is 1. The van der Waals surface area contributed by atoms with Gasteiger partial charge in [0, 0.05) is 48.9 Å². The van der Waals surface area contributed by atoms with Crippen LogP contribution in [-0.2, 0) is 22.1 Å². The number of rotatable bonds is 6. The van der Waals surface area contributed by atoms with E-state index in [4.69, 9.17) is 16.0 Å². The van der Waals surface area contributed by atoms with Gasteiger partial charge >= 0.3 is 0 Å². The van der Waals surface area contributed by atoms with Gasteiger partial charge in [0.15, 0.2) is 15.6 Å². The molecule has 168 valence electrons. The van der Waals surface area contributed by atoms with E-state index >= 15 is 0 Å². The molecule has 1 aliphatic rings. The van der Waals surface area contributed by atoms with Gasteiger partial charge in [0.2, 0.25) is 0 Å². The molecule has 3 aromatic rings. The second-order valence-electron chi connectivity index (χ2n) is 7.62. The Hall–Kier alpha value is -2.68. The summed E-state index contributed by atoms with van der Waals surface area (Å²) in [6.07, 6.45) is 1.33. The lowest BCUT2D eigenvalue weighted by Crippen LogP contribution is -2.48. The first kappa shape index (κ1) is 22.5. The third kappa shape index (κ3) is 4.87. The monoisotopic (exact) mass is 476 g/mol. The normalized spacial score (nSPS) is 15.1. The highest BCUT2D eigenvalue weighted by Gasteiger charge is 2.28. The van der Waals surface area contributed by atoms with Crippen LogP contribution in [0.15, 0.2) is 70.2 Å². The molecule has 4 rings (SSSR count). The molecule has 0 unspecified atom stereocenters. The highest BCUT2D eigenvalue weighted by atomic mass is 35.5. The molecule has 0 atom stereocenters. The number of sulfone groups is 1. The molecule has 6 nitrogen and oxygen atoms in total. The van der Waals surface area contributed by atoms with Crippen molar-refractivity contribution in [2.45, 2.75) is 17.2 Å². The Kier molecular flexibility index (Phi) is 6.64. The molecule has 1 aromatic heterocycles. The number of hydrogen-bond acceptors (Lipinski definition) is 5. The van der Waals surface area contributed by atoms with Crippen LogP contribution in [0.4, 0.5) is 4.39 Å². The number of furan rings is 1. The maximum atomic E-state index is 14.1. The van der Waals surface area contributed by atoms with Crippen LogP contribution in [-0.4, -0.2) is 50.3 Å². The number of carbonyl (C=O) groups is 1. The predicted molar refractivity (Wildman–Crippen MR) is 119 cm³/mol. The molecule has 9 heteroatoms. The third-order valence-electron chi connectivity index (χ3n) is 5.49. The standard InChI is InChI=1S/C23H22ClFN2O4S/c24-20-7-4-8-21(25)19(20)15-26-10-12-27(13-11-26)23(28)22-17(9-14-31-22)16-32(29,30)18-5-2-1-3-6-18/h1-9,14H,10-13,15-16H2. The summed E-state index contributed by atoms with van der Waals surface area (Å²) in [6, 6.07) is 14.2. The molecule has 0 bridgehead atoms. The third-order valence-corrected chi connectivity index (χ3v) is 7.53. The average molecular weight is 477 g/mol. The molecule has 2 aromatic carbocycles. The van der Waals surface area contributed by atoms with E-state index in [0.29, 0.717) is 48.9 Å². The zero-order chi connectivity index (χ0) is 22.7. The molecule has 1 aliphatic heterocycles. The van der Waals surface area contributed by atoms with Gasteiger partial charge in [0.05, 0.1) is 16.9 Å². The van der Waals surface area contributed by atoms with Crippen molar-refractivity contribution in [1.29, 1.82) is 0 Å². The van der Waals surface area contributed by atoms with Gasteiger partial charge in [-0.1, -0.05) is 35.9 Å². The number of piperazine rings is 1. The Morgan fingerprint density at radius 1 is 1.00 bits per heavy atom. The summed E-state index contributed by atoms with van der Waals surface area (Å²) in [7, 11) is -3.61. The molecular weight excluding hydrogens is 455 g/mol. The fourth-order valence-electron chi connectivity index (χ4n) is 3.71. The van der Waals surface area contributed by atoms with Crippen LogP contribution in [0.5, 0.6) is 0 Å². The van der Waals surface area contributed by atoms with Crippen molar-refractivity contribution in [3.63, 3.8) is 0 Å². The Bertz CT molecular complexity index is 1190. The molecule has 0 saturated carbocycles. The molecule has 1 saturated heterocycles. The van der Waals surface area contributed by atoms with Crippen LogP contribution in [0, 0.1) is 5.82 Å². The fraction of sp³-hybridized carbons (Fsp3) is 0.261. The smallest absolute Gasteiger partial charge is 0.289 e. The van der Waals surface area contributed by atoms with Gasteiger partial charge in [-0.3, -0.25) is 9.69 Å². The fourth-order valence-corrected chi connectivity index (χ4v) is 5.31. The largest absolute Gasteiger partial charge is 0.459 e. The lowest BCUT2D eigenvalue weighted by atomic mass is 10.1. The second kappa shape index (κ2) is 9.44. The molecule has 2 heterocycles. The van der Waals surface area contributed by atoms with Gasteiger partial charge in [-0.15, -0.1) is 0 Å². The van der Waals surface area contributed by atoms with Gasteiger partial charge in [-0.05, 0) is 30.3 Å². The lowest BCUT2D eigenvalue weighted by Gasteiger charge is -2.34. The van der Waals surface area contributed by atoms with E-state index in [1.54, 1.807) is 35.2 Å². The number of halogens is 2. The zero-order valence-electron chi connectivity index (χ0n) is 17.2. The Balaban J connectivity index is 1.41. The molecule has 0 spiro atoms. The Labute approximate surface area is 191 Å². The topological polar surface area (TPSA) is 70.8 Å². The summed E-state index contributed by atoms with van der Waals surface area (Å²) in [6.45, 7) is 2.26. The van der Waals surface area contributed by atoms with Crippen molar-refractivity contribution in [2.24, 2.45) is 0 Å². The van der Waals surface area contributed by atoms with Gasteiger partial charge < -0.3 is 9.32 Å². The summed E-state index contributed by atoms with van der Waals surface area (Å²) in [5.41, 5.74) is 0.771. The van der Waals surface area contributed by atoms with Crippen LogP contribution in [0.25, 0.3) is 0 Å². The first-order valence-corrected chi connectivity index (χ1v) is 12.2. The maximum Gasteiger partial charge on any atom is 0.289 e. The number of nitrogens with zero attached hydrogens (tertiary/aromatic N) is 2. The van der Waals surface area contributed by atoms with Gasteiger partial charge in [-0.2, -0.15) is 0 Å². The number of carbonyl (C=O) groups excluding carboxylic acids is 1. The summed E-state index contributed by atoms with van der Waals surface area (Å²) in [5, 5.41) is 0.378.